The van der Waals surface area contributed by atoms with Crippen molar-refractivity contribution in [3.8, 4) is 0 Å². The second kappa shape index (κ2) is 5.55. The molecule has 1 amide bonds. The number of aromatic nitrogens is 4. The van der Waals surface area contributed by atoms with Crippen LogP contribution < -0.4 is 5.32 Å². The molecule has 2 heterocycles. The predicted octanol–water partition coefficient (Wildman–Crippen LogP) is 0.675. The molecule has 2 aromatic heterocycles. The van der Waals surface area contributed by atoms with Crippen LogP contribution in [0.2, 0.25) is 0 Å². The number of nitrogens with zero attached hydrogens (tertiary/aromatic N) is 4. The average Bonchev–Trinajstić information content (AvgIpc) is 3.04. The van der Waals surface area contributed by atoms with Gasteiger partial charge in [-0.2, -0.15) is 10.2 Å². The quantitative estimate of drug-likeness (QED) is 0.830. The van der Waals surface area contributed by atoms with Crippen molar-refractivity contribution in [2.45, 2.75) is 13.5 Å². The summed E-state index contributed by atoms with van der Waals surface area (Å²) >= 11 is 0. The summed E-state index contributed by atoms with van der Waals surface area (Å²) in [5.41, 5.74) is 0.626. The first-order chi connectivity index (χ1) is 9.55. The van der Waals surface area contributed by atoms with E-state index < -0.39 is 11.9 Å². The van der Waals surface area contributed by atoms with Crippen molar-refractivity contribution in [3.63, 3.8) is 0 Å². The minimum Gasteiger partial charge on any atom is -0.464 e. The van der Waals surface area contributed by atoms with E-state index in [2.05, 4.69) is 20.3 Å². The van der Waals surface area contributed by atoms with E-state index in [4.69, 9.17) is 0 Å². The van der Waals surface area contributed by atoms with Crippen LogP contribution in [0, 0.1) is 0 Å². The van der Waals surface area contributed by atoms with Gasteiger partial charge in [-0.25, -0.2) is 4.79 Å². The Hall–Kier alpha value is -2.64. The van der Waals surface area contributed by atoms with Crippen molar-refractivity contribution in [1.82, 2.24) is 19.6 Å². The van der Waals surface area contributed by atoms with Crippen LogP contribution in [-0.2, 0) is 18.3 Å². The van der Waals surface area contributed by atoms with E-state index in [-0.39, 0.29) is 11.4 Å². The highest BCUT2D eigenvalue weighted by atomic mass is 16.5. The number of anilines is 1. The normalized spacial score (nSPS) is 10.3. The van der Waals surface area contributed by atoms with Gasteiger partial charge in [-0.05, 0) is 13.0 Å². The summed E-state index contributed by atoms with van der Waals surface area (Å²) in [6, 6.07) is 1.58. The maximum atomic E-state index is 12.0. The smallest absolute Gasteiger partial charge is 0.360 e. The lowest BCUT2D eigenvalue weighted by Crippen LogP contribution is -2.15. The third kappa shape index (κ3) is 2.68. The van der Waals surface area contributed by atoms with Crippen molar-refractivity contribution in [2.24, 2.45) is 7.05 Å². The molecule has 0 aromatic carbocycles. The molecule has 2 aromatic rings. The van der Waals surface area contributed by atoms with E-state index in [0.717, 1.165) is 0 Å². The summed E-state index contributed by atoms with van der Waals surface area (Å²) < 4.78 is 7.70. The average molecular weight is 277 g/mol. The Morgan fingerprint density at radius 2 is 2.15 bits per heavy atom. The number of methoxy groups -OCH3 is 1. The number of hydrogen-bond donors (Lipinski definition) is 1. The van der Waals surface area contributed by atoms with Crippen LogP contribution in [0.25, 0.3) is 0 Å². The number of nitrogens with one attached hydrogen (secondary N) is 1. The third-order valence-electron chi connectivity index (χ3n) is 2.66. The number of amides is 1. The lowest BCUT2D eigenvalue weighted by atomic mass is 10.3. The van der Waals surface area contributed by atoms with Crippen LogP contribution in [0.1, 0.15) is 27.9 Å². The van der Waals surface area contributed by atoms with Crippen LogP contribution in [-0.4, -0.2) is 38.5 Å². The van der Waals surface area contributed by atoms with E-state index in [0.29, 0.717) is 12.2 Å². The number of hydrogen-bond acceptors (Lipinski definition) is 5. The molecular formula is C12H15N5O3. The van der Waals surface area contributed by atoms with Gasteiger partial charge in [0.2, 0.25) is 0 Å². The monoisotopic (exact) mass is 277 g/mol. The van der Waals surface area contributed by atoms with Crippen molar-refractivity contribution in [2.75, 3.05) is 12.4 Å². The first-order valence-electron chi connectivity index (χ1n) is 6.02. The zero-order valence-electron chi connectivity index (χ0n) is 11.5. The van der Waals surface area contributed by atoms with Gasteiger partial charge in [-0.15, -0.1) is 0 Å². The molecule has 0 saturated carbocycles. The van der Waals surface area contributed by atoms with Gasteiger partial charge in [0.05, 0.1) is 12.8 Å². The Labute approximate surface area is 115 Å². The number of ether oxygens (including phenoxy) is 1. The number of carbonyl (C=O) groups is 2. The fraction of sp³-hybridized carbons (Fsp3) is 0.333. The van der Waals surface area contributed by atoms with Crippen LogP contribution in [0.5, 0.6) is 0 Å². The van der Waals surface area contributed by atoms with E-state index >= 15 is 0 Å². The molecule has 1 N–H and O–H groups in total. The molecule has 0 radical (unpaired) electrons. The van der Waals surface area contributed by atoms with Gasteiger partial charge in [0, 0.05) is 26.0 Å². The minimum atomic E-state index is -0.603. The van der Waals surface area contributed by atoms with Crippen molar-refractivity contribution < 1.29 is 14.3 Å². The van der Waals surface area contributed by atoms with Gasteiger partial charge in [0.25, 0.3) is 5.91 Å². The highest BCUT2D eigenvalue weighted by Crippen LogP contribution is 2.16. The molecule has 0 atom stereocenters. The fourth-order valence-corrected chi connectivity index (χ4v) is 1.64. The molecule has 8 heteroatoms. The van der Waals surface area contributed by atoms with Gasteiger partial charge in [-0.3, -0.25) is 14.2 Å². The second-order valence-electron chi connectivity index (χ2n) is 4.07. The van der Waals surface area contributed by atoms with Gasteiger partial charge in [-0.1, -0.05) is 0 Å². The third-order valence-corrected chi connectivity index (χ3v) is 2.66. The second-order valence-corrected chi connectivity index (χ2v) is 4.07. The van der Waals surface area contributed by atoms with Crippen molar-refractivity contribution >= 4 is 17.6 Å². The summed E-state index contributed by atoms with van der Waals surface area (Å²) in [6.45, 7) is 2.45. The number of esters is 1. The van der Waals surface area contributed by atoms with Crippen molar-refractivity contribution in [3.05, 3.63) is 29.8 Å². The first kappa shape index (κ1) is 13.8. The van der Waals surface area contributed by atoms with E-state index in [1.54, 1.807) is 30.2 Å². The van der Waals surface area contributed by atoms with Gasteiger partial charge in [0.1, 0.15) is 0 Å². The Bertz CT molecular complexity index is 643. The molecule has 20 heavy (non-hydrogen) atoms. The Morgan fingerprint density at radius 1 is 1.40 bits per heavy atom. The molecule has 0 aliphatic rings. The molecule has 0 aliphatic carbocycles. The topological polar surface area (TPSA) is 91.0 Å². The highest BCUT2D eigenvalue weighted by Gasteiger charge is 2.20. The summed E-state index contributed by atoms with van der Waals surface area (Å²) in [6.07, 6.45) is 3.23. The van der Waals surface area contributed by atoms with Crippen LogP contribution in [0.3, 0.4) is 0 Å². The number of aryl methyl sites for hydroxylation is 2. The van der Waals surface area contributed by atoms with E-state index in [1.807, 2.05) is 6.92 Å². The molecule has 0 spiro atoms. The predicted molar refractivity (Wildman–Crippen MR) is 70.4 cm³/mol. The lowest BCUT2D eigenvalue weighted by molar-refractivity contribution is 0.0594. The summed E-state index contributed by atoms with van der Waals surface area (Å²) in [5, 5.41) is 10.7. The summed E-state index contributed by atoms with van der Waals surface area (Å²) in [7, 11) is 2.98. The summed E-state index contributed by atoms with van der Waals surface area (Å²) in [5.74, 6) is -1.01. The zero-order valence-corrected chi connectivity index (χ0v) is 11.5. The molecule has 0 saturated heterocycles. The number of carbonyl (C=O) groups excluding carboxylic acids is 2. The maximum Gasteiger partial charge on any atom is 0.360 e. The minimum absolute atomic E-state index is 0.0682. The van der Waals surface area contributed by atoms with E-state index in [1.165, 1.54) is 11.8 Å². The van der Waals surface area contributed by atoms with Gasteiger partial charge in [0.15, 0.2) is 11.4 Å². The molecule has 8 nitrogen and oxygen atoms in total. The highest BCUT2D eigenvalue weighted by molar-refractivity contribution is 6.06. The molecule has 0 unspecified atom stereocenters. The molecule has 106 valence electrons. The van der Waals surface area contributed by atoms with Crippen LogP contribution in [0.4, 0.5) is 5.69 Å². The van der Waals surface area contributed by atoms with Crippen LogP contribution >= 0.6 is 0 Å². The molecule has 0 fully saturated rings. The molecule has 0 bridgehead atoms. The van der Waals surface area contributed by atoms with Gasteiger partial charge >= 0.3 is 5.97 Å². The number of rotatable bonds is 4. The Kier molecular flexibility index (Phi) is 3.83. The van der Waals surface area contributed by atoms with Gasteiger partial charge < -0.3 is 10.1 Å². The maximum absolute atomic E-state index is 12.0. The zero-order chi connectivity index (χ0) is 14.7. The molecular weight excluding hydrogens is 262 g/mol. The van der Waals surface area contributed by atoms with Crippen LogP contribution in [0.15, 0.2) is 18.5 Å². The largest absolute Gasteiger partial charge is 0.464 e. The molecule has 0 aliphatic heterocycles. The molecule has 2 rings (SSSR count). The van der Waals surface area contributed by atoms with E-state index in [9.17, 15) is 9.59 Å². The SMILES string of the molecule is CCn1cc(NC(=O)c2ccn(C)n2)c(C(=O)OC)n1. The van der Waals surface area contributed by atoms with Crippen molar-refractivity contribution in [1.29, 1.82) is 0 Å². The standard InChI is InChI=1S/C12H15N5O3/c1-4-17-7-9(10(15-17)12(19)20-3)13-11(18)8-5-6-16(2)14-8/h5-7H,4H2,1-3H3,(H,13,18). The first-order valence-corrected chi connectivity index (χ1v) is 6.02. The summed E-state index contributed by atoms with van der Waals surface area (Å²) in [4.78, 5) is 23.6. The Morgan fingerprint density at radius 3 is 2.70 bits per heavy atom. The lowest BCUT2D eigenvalue weighted by Gasteiger charge is -2.01. The Balaban J connectivity index is 2.26. The fourth-order valence-electron chi connectivity index (χ4n) is 1.64.